The Morgan fingerprint density at radius 1 is 1.17 bits per heavy atom. The quantitative estimate of drug-likeness (QED) is 0.521. The Morgan fingerprint density at radius 2 is 1.91 bits per heavy atom. The number of H-pyrrole nitrogens is 1. The first kappa shape index (κ1) is 24.7. The number of nitrogens with one attached hydrogen (secondary N) is 2. The third-order valence-electron chi connectivity index (χ3n) is 5.75. The first-order valence-corrected chi connectivity index (χ1v) is 12.1. The van der Waals surface area contributed by atoms with Gasteiger partial charge < -0.3 is 15.0 Å². The number of fused-ring (bicyclic) bond motifs is 1. The number of anilines is 1. The third kappa shape index (κ3) is 5.64. The van der Waals surface area contributed by atoms with Crippen LogP contribution in [0.5, 0.6) is 0 Å². The van der Waals surface area contributed by atoms with E-state index in [1.165, 1.54) is 4.57 Å². The summed E-state index contributed by atoms with van der Waals surface area (Å²) in [5, 5.41) is 3.36. The molecule has 1 atom stereocenters. The van der Waals surface area contributed by atoms with Gasteiger partial charge in [0, 0.05) is 17.6 Å². The van der Waals surface area contributed by atoms with E-state index in [2.05, 4.69) is 26.2 Å². The maximum Gasteiger partial charge on any atom is 0.410 e. The summed E-state index contributed by atoms with van der Waals surface area (Å²) in [6, 6.07) is 12.3. The standard InChI is InChI=1S/C25H27BrN4O5/c1-25(2,3)35-24(34)29-11-10-16(14-29)21(31)27-19-12-15(8-9-18(19)26)13-30-20-7-5-4-6-17(20)22(32)28-23(30)33/h4-9,12,16H,10-11,13-14H2,1-3H3,(H,27,31)(H,28,32,33)/t16-/m0/s1. The summed E-state index contributed by atoms with van der Waals surface area (Å²) >= 11 is 3.47. The number of aromatic nitrogens is 2. The van der Waals surface area contributed by atoms with Crippen molar-refractivity contribution < 1.29 is 14.3 Å². The van der Waals surface area contributed by atoms with Gasteiger partial charge in [0.1, 0.15) is 5.60 Å². The number of para-hydroxylation sites is 1. The van der Waals surface area contributed by atoms with Crippen molar-refractivity contribution in [1.29, 1.82) is 0 Å². The van der Waals surface area contributed by atoms with Gasteiger partial charge in [-0.05, 0) is 73.0 Å². The highest BCUT2D eigenvalue weighted by Crippen LogP contribution is 2.27. The molecular weight excluding hydrogens is 516 g/mol. The molecule has 0 bridgehead atoms. The Kier molecular flexibility index (Phi) is 6.84. The average Bonchev–Trinajstić information content (AvgIpc) is 3.28. The summed E-state index contributed by atoms with van der Waals surface area (Å²) in [6.45, 7) is 6.37. The molecule has 1 fully saturated rings. The molecule has 1 aromatic heterocycles. The van der Waals surface area contributed by atoms with Gasteiger partial charge in [0.05, 0.1) is 29.1 Å². The molecule has 0 spiro atoms. The van der Waals surface area contributed by atoms with Crippen LogP contribution in [-0.4, -0.2) is 45.1 Å². The van der Waals surface area contributed by atoms with E-state index in [0.717, 1.165) is 5.56 Å². The first-order valence-electron chi connectivity index (χ1n) is 11.3. The van der Waals surface area contributed by atoms with Crippen molar-refractivity contribution in [3.05, 3.63) is 73.3 Å². The van der Waals surface area contributed by atoms with Crippen LogP contribution < -0.4 is 16.6 Å². The largest absolute Gasteiger partial charge is 0.444 e. The predicted molar refractivity (Wildman–Crippen MR) is 137 cm³/mol. The summed E-state index contributed by atoms with van der Waals surface area (Å²) in [5.41, 5.74) is 0.331. The number of hydrogen-bond donors (Lipinski definition) is 2. The first-order chi connectivity index (χ1) is 16.5. The maximum absolute atomic E-state index is 13.0. The van der Waals surface area contributed by atoms with Crippen LogP contribution in [0.25, 0.3) is 10.9 Å². The van der Waals surface area contributed by atoms with Crippen LogP contribution in [0.2, 0.25) is 0 Å². The predicted octanol–water partition coefficient (Wildman–Crippen LogP) is 3.70. The van der Waals surface area contributed by atoms with Gasteiger partial charge in [-0.1, -0.05) is 18.2 Å². The van der Waals surface area contributed by atoms with Crippen molar-refractivity contribution >= 4 is 44.5 Å². The zero-order valence-electron chi connectivity index (χ0n) is 19.8. The van der Waals surface area contributed by atoms with E-state index in [9.17, 15) is 19.2 Å². The van der Waals surface area contributed by atoms with E-state index in [1.54, 1.807) is 62.1 Å². The molecule has 0 unspecified atom stereocenters. The summed E-state index contributed by atoms with van der Waals surface area (Å²) in [4.78, 5) is 53.8. The molecule has 9 nitrogen and oxygen atoms in total. The lowest BCUT2D eigenvalue weighted by Gasteiger charge is -2.24. The second-order valence-electron chi connectivity index (χ2n) is 9.58. The molecule has 2 heterocycles. The Labute approximate surface area is 210 Å². The number of halogens is 1. The SMILES string of the molecule is CC(C)(C)OC(=O)N1CC[C@H](C(=O)Nc2cc(Cn3c(=O)[nH]c(=O)c4ccccc43)ccc2Br)C1. The van der Waals surface area contributed by atoms with E-state index in [4.69, 9.17) is 4.74 Å². The molecule has 0 radical (unpaired) electrons. The maximum atomic E-state index is 13.0. The molecule has 184 valence electrons. The molecule has 35 heavy (non-hydrogen) atoms. The highest BCUT2D eigenvalue weighted by atomic mass is 79.9. The highest BCUT2D eigenvalue weighted by Gasteiger charge is 2.33. The van der Waals surface area contributed by atoms with Gasteiger partial charge in [0.25, 0.3) is 5.56 Å². The van der Waals surface area contributed by atoms with Gasteiger partial charge in [-0.15, -0.1) is 0 Å². The van der Waals surface area contributed by atoms with Crippen LogP contribution in [0, 0.1) is 5.92 Å². The van der Waals surface area contributed by atoms with E-state index in [0.29, 0.717) is 34.0 Å². The van der Waals surface area contributed by atoms with Gasteiger partial charge in [0.2, 0.25) is 5.91 Å². The van der Waals surface area contributed by atoms with Gasteiger partial charge in [-0.3, -0.25) is 19.1 Å². The number of carbonyl (C=O) groups is 2. The molecular formula is C25H27BrN4O5. The van der Waals surface area contributed by atoms with Crippen molar-refractivity contribution in [2.75, 3.05) is 18.4 Å². The molecule has 4 rings (SSSR count). The Bertz CT molecular complexity index is 1410. The zero-order chi connectivity index (χ0) is 25.3. The van der Waals surface area contributed by atoms with Gasteiger partial charge >= 0.3 is 11.8 Å². The minimum Gasteiger partial charge on any atom is -0.444 e. The monoisotopic (exact) mass is 542 g/mol. The molecule has 1 aliphatic rings. The number of ether oxygens (including phenoxy) is 1. The lowest BCUT2D eigenvalue weighted by Crippen LogP contribution is -2.36. The molecule has 0 aliphatic carbocycles. The Balaban J connectivity index is 1.50. The molecule has 0 saturated carbocycles. The zero-order valence-corrected chi connectivity index (χ0v) is 21.3. The highest BCUT2D eigenvalue weighted by molar-refractivity contribution is 9.10. The van der Waals surface area contributed by atoms with Gasteiger partial charge in [-0.2, -0.15) is 0 Å². The van der Waals surface area contributed by atoms with Crippen LogP contribution in [0.15, 0.2) is 56.5 Å². The van der Waals surface area contributed by atoms with E-state index in [-0.39, 0.29) is 24.9 Å². The fourth-order valence-corrected chi connectivity index (χ4v) is 4.40. The molecule has 3 aromatic rings. The van der Waals surface area contributed by atoms with Crippen LogP contribution in [0.4, 0.5) is 10.5 Å². The van der Waals surface area contributed by atoms with Gasteiger partial charge in [0.15, 0.2) is 0 Å². The van der Waals surface area contributed by atoms with E-state index in [1.807, 2.05) is 6.07 Å². The number of nitrogens with zero attached hydrogens (tertiary/aromatic N) is 2. The third-order valence-corrected chi connectivity index (χ3v) is 6.44. The van der Waals surface area contributed by atoms with Crippen molar-refractivity contribution in [2.45, 2.75) is 39.3 Å². The Hall–Kier alpha value is -3.40. The topological polar surface area (TPSA) is 114 Å². The van der Waals surface area contributed by atoms with Crippen LogP contribution in [-0.2, 0) is 16.1 Å². The number of hydrogen-bond acceptors (Lipinski definition) is 5. The summed E-state index contributed by atoms with van der Waals surface area (Å²) in [7, 11) is 0. The minimum atomic E-state index is -0.595. The molecule has 2 N–H and O–H groups in total. The molecule has 2 amide bonds. The number of rotatable bonds is 4. The fourth-order valence-electron chi connectivity index (χ4n) is 4.05. The number of benzene rings is 2. The summed E-state index contributed by atoms with van der Waals surface area (Å²) in [6.07, 6.45) is 0.121. The van der Waals surface area contributed by atoms with Crippen molar-refractivity contribution in [3.8, 4) is 0 Å². The minimum absolute atomic E-state index is 0.194. The number of carbonyl (C=O) groups excluding carboxylic acids is 2. The van der Waals surface area contributed by atoms with Crippen molar-refractivity contribution in [3.63, 3.8) is 0 Å². The molecule has 2 aromatic carbocycles. The molecule has 1 saturated heterocycles. The fraction of sp³-hybridized carbons (Fsp3) is 0.360. The second-order valence-corrected chi connectivity index (χ2v) is 10.4. The number of amides is 2. The smallest absolute Gasteiger partial charge is 0.410 e. The normalized spacial score (nSPS) is 15.9. The summed E-state index contributed by atoms with van der Waals surface area (Å²) in [5.74, 6) is -0.551. The molecule has 10 heteroatoms. The van der Waals surface area contributed by atoms with Crippen LogP contribution in [0.3, 0.4) is 0 Å². The number of likely N-dealkylation sites (tertiary alicyclic amines) is 1. The second kappa shape index (κ2) is 9.69. The average molecular weight is 543 g/mol. The van der Waals surface area contributed by atoms with E-state index >= 15 is 0 Å². The number of aromatic amines is 1. The van der Waals surface area contributed by atoms with Crippen molar-refractivity contribution in [1.82, 2.24) is 14.5 Å². The summed E-state index contributed by atoms with van der Waals surface area (Å²) < 4.78 is 7.58. The Morgan fingerprint density at radius 3 is 2.66 bits per heavy atom. The lowest BCUT2D eigenvalue weighted by atomic mass is 10.1. The molecule has 1 aliphatic heterocycles. The van der Waals surface area contributed by atoms with Crippen LogP contribution >= 0.6 is 15.9 Å². The van der Waals surface area contributed by atoms with Gasteiger partial charge in [-0.25, -0.2) is 9.59 Å². The van der Waals surface area contributed by atoms with Crippen molar-refractivity contribution in [2.24, 2.45) is 5.92 Å². The lowest BCUT2D eigenvalue weighted by molar-refractivity contribution is -0.119. The van der Waals surface area contributed by atoms with Crippen LogP contribution in [0.1, 0.15) is 32.8 Å². The van der Waals surface area contributed by atoms with E-state index < -0.39 is 22.9 Å².